The van der Waals surface area contributed by atoms with Crippen molar-refractivity contribution >= 4 is 17.2 Å². The van der Waals surface area contributed by atoms with Gasteiger partial charge in [-0.1, -0.05) is 0 Å². The minimum Gasteiger partial charge on any atom is -0.355 e. The normalized spacial score (nSPS) is 11.5. The summed E-state index contributed by atoms with van der Waals surface area (Å²) in [6.07, 6.45) is 1.80. The molecule has 1 heterocycles. The molecule has 0 unspecified atom stereocenters. The molecule has 1 rings (SSSR count). The minimum absolute atomic E-state index is 0.109. The maximum Gasteiger partial charge on any atom is 0.239 e. The lowest BCUT2D eigenvalue weighted by atomic mass is 10.1. The molecular formula is C11H19N3OS. The number of hydrogen-bond acceptors (Lipinski definition) is 4. The van der Waals surface area contributed by atoms with Crippen molar-refractivity contribution in [1.82, 2.24) is 10.3 Å². The smallest absolute Gasteiger partial charge is 0.239 e. The summed E-state index contributed by atoms with van der Waals surface area (Å²) in [5.74, 6) is -0.109. The van der Waals surface area contributed by atoms with Crippen LogP contribution in [-0.2, 0) is 11.2 Å². The molecule has 0 aliphatic rings. The first kappa shape index (κ1) is 13.1. The molecule has 0 aromatic carbocycles. The largest absolute Gasteiger partial charge is 0.355 e. The standard InChI is InChI=1S/C11H19N3OS/c1-8-7-16-9(14-8)5-4-6-13-10(15)11(2,3)12/h7H,4-6,12H2,1-3H3,(H,13,15). The average molecular weight is 241 g/mol. The molecule has 1 aromatic heterocycles. The molecule has 0 fully saturated rings. The van der Waals surface area contributed by atoms with E-state index in [-0.39, 0.29) is 5.91 Å². The fourth-order valence-electron chi connectivity index (χ4n) is 1.19. The third-order valence-corrected chi connectivity index (χ3v) is 3.13. The van der Waals surface area contributed by atoms with Gasteiger partial charge in [-0.15, -0.1) is 11.3 Å². The second-order valence-electron chi connectivity index (χ2n) is 4.46. The number of carbonyl (C=O) groups excluding carboxylic acids is 1. The minimum atomic E-state index is -0.794. The van der Waals surface area contributed by atoms with Gasteiger partial charge in [0.1, 0.15) is 0 Å². The van der Waals surface area contributed by atoms with Crippen LogP contribution in [0.3, 0.4) is 0 Å². The van der Waals surface area contributed by atoms with Gasteiger partial charge < -0.3 is 11.1 Å². The summed E-state index contributed by atoms with van der Waals surface area (Å²) in [5, 5.41) is 5.98. The summed E-state index contributed by atoms with van der Waals surface area (Å²) in [6.45, 7) is 6.04. The van der Waals surface area contributed by atoms with Gasteiger partial charge in [-0.25, -0.2) is 4.98 Å². The summed E-state index contributed by atoms with van der Waals surface area (Å²) in [7, 11) is 0. The topological polar surface area (TPSA) is 68.0 Å². The van der Waals surface area contributed by atoms with Crippen molar-refractivity contribution in [2.45, 2.75) is 39.2 Å². The fourth-order valence-corrected chi connectivity index (χ4v) is 2.01. The Morgan fingerprint density at radius 3 is 2.81 bits per heavy atom. The first-order valence-corrected chi connectivity index (χ1v) is 6.26. The van der Waals surface area contributed by atoms with Crippen LogP contribution in [0.4, 0.5) is 0 Å². The lowest BCUT2D eigenvalue weighted by Crippen LogP contribution is -2.49. The van der Waals surface area contributed by atoms with E-state index in [0.29, 0.717) is 6.54 Å². The van der Waals surface area contributed by atoms with Gasteiger partial charge in [0.15, 0.2) is 0 Å². The Balaban J connectivity index is 2.20. The van der Waals surface area contributed by atoms with Gasteiger partial charge in [0, 0.05) is 24.0 Å². The van der Waals surface area contributed by atoms with Gasteiger partial charge in [-0.3, -0.25) is 4.79 Å². The highest BCUT2D eigenvalue weighted by atomic mass is 32.1. The summed E-state index contributed by atoms with van der Waals surface area (Å²) >= 11 is 1.67. The number of amides is 1. The van der Waals surface area contributed by atoms with Crippen LogP contribution >= 0.6 is 11.3 Å². The molecule has 3 N–H and O–H groups in total. The number of carbonyl (C=O) groups is 1. The molecule has 0 radical (unpaired) electrons. The molecule has 16 heavy (non-hydrogen) atoms. The summed E-state index contributed by atoms with van der Waals surface area (Å²) < 4.78 is 0. The number of rotatable bonds is 5. The SMILES string of the molecule is Cc1csc(CCCNC(=O)C(C)(C)N)n1. The second-order valence-corrected chi connectivity index (χ2v) is 5.41. The molecule has 1 aromatic rings. The molecule has 90 valence electrons. The predicted octanol–water partition coefficient (Wildman–Crippen LogP) is 1.24. The molecule has 0 saturated heterocycles. The zero-order valence-electron chi connectivity index (χ0n) is 10.0. The molecular weight excluding hydrogens is 222 g/mol. The van der Waals surface area contributed by atoms with Gasteiger partial charge in [0.05, 0.1) is 10.5 Å². The van der Waals surface area contributed by atoms with Crippen molar-refractivity contribution in [2.24, 2.45) is 5.73 Å². The monoisotopic (exact) mass is 241 g/mol. The van der Waals surface area contributed by atoms with Crippen molar-refractivity contribution in [3.63, 3.8) is 0 Å². The van der Waals surface area contributed by atoms with E-state index in [4.69, 9.17) is 5.73 Å². The van der Waals surface area contributed by atoms with E-state index in [1.54, 1.807) is 25.2 Å². The summed E-state index contributed by atoms with van der Waals surface area (Å²) in [6, 6.07) is 0. The number of aromatic nitrogens is 1. The maximum absolute atomic E-state index is 11.4. The Morgan fingerprint density at radius 1 is 1.62 bits per heavy atom. The highest BCUT2D eigenvalue weighted by Gasteiger charge is 2.20. The first-order valence-electron chi connectivity index (χ1n) is 5.38. The Hall–Kier alpha value is -0.940. The van der Waals surface area contributed by atoms with Gasteiger partial charge >= 0.3 is 0 Å². The van der Waals surface area contributed by atoms with Crippen molar-refractivity contribution in [3.05, 3.63) is 16.1 Å². The van der Waals surface area contributed by atoms with Crippen LogP contribution in [0.25, 0.3) is 0 Å². The molecule has 1 amide bonds. The van der Waals surface area contributed by atoms with Crippen LogP contribution in [0, 0.1) is 6.92 Å². The molecule has 4 nitrogen and oxygen atoms in total. The van der Waals surface area contributed by atoms with Crippen molar-refractivity contribution in [1.29, 1.82) is 0 Å². The molecule has 0 spiro atoms. The lowest BCUT2D eigenvalue weighted by molar-refractivity contribution is -0.125. The maximum atomic E-state index is 11.4. The zero-order valence-corrected chi connectivity index (χ0v) is 10.9. The van der Waals surface area contributed by atoms with Crippen LogP contribution < -0.4 is 11.1 Å². The Kier molecular flexibility index (Phi) is 4.44. The number of hydrogen-bond donors (Lipinski definition) is 2. The number of aryl methyl sites for hydroxylation is 2. The van der Waals surface area contributed by atoms with Crippen LogP contribution in [0.5, 0.6) is 0 Å². The zero-order chi connectivity index (χ0) is 12.2. The molecule has 5 heteroatoms. The summed E-state index contributed by atoms with van der Waals surface area (Å²) in [4.78, 5) is 15.8. The van der Waals surface area contributed by atoms with E-state index in [0.717, 1.165) is 23.5 Å². The quantitative estimate of drug-likeness (QED) is 0.762. The van der Waals surface area contributed by atoms with Crippen LogP contribution in [0.2, 0.25) is 0 Å². The summed E-state index contributed by atoms with van der Waals surface area (Å²) in [5.41, 5.74) is 5.92. The molecule has 0 aliphatic heterocycles. The Bertz CT molecular complexity index is 354. The van der Waals surface area contributed by atoms with E-state index in [1.807, 2.05) is 12.3 Å². The Morgan fingerprint density at radius 2 is 2.31 bits per heavy atom. The van der Waals surface area contributed by atoms with Gasteiger partial charge in [0.25, 0.3) is 0 Å². The van der Waals surface area contributed by atoms with Crippen molar-refractivity contribution in [3.8, 4) is 0 Å². The van der Waals surface area contributed by atoms with E-state index in [9.17, 15) is 4.79 Å². The van der Waals surface area contributed by atoms with Crippen LogP contribution in [0.15, 0.2) is 5.38 Å². The van der Waals surface area contributed by atoms with E-state index in [2.05, 4.69) is 10.3 Å². The van der Waals surface area contributed by atoms with Gasteiger partial charge in [-0.2, -0.15) is 0 Å². The molecule has 0 atom stereocenters. The van der Waals surface area contributed by atoms with Crippen molar-refractivity contribution < 1.29 is 4.79 Å². The number of nitrogens with one attached hydrogen (secondary N) is 1. The predicted molar refractivity (Wildman–Crippen MR) is 66.4 cm³/mol. The van der Waals surface area contributed by atoms with Crippen molar-refractivity contribution in [2.75, 3.05) is 6.54 Å². The van der Waals surface area contributed by atoms with Crippen LogP contribution in [0.1, 0.15) is 31.0 Å². The van der Waals surface area contributed by atoms with E-state index >= 15 is 0 Å². The highest BCUT2D eigenvalue weighted by Crippen LogP contribution is 2.10. The molecule has 0 saturated carbocycles. The third kappa shape index (κ3) is 4.28. The molecule has 0 aliphatic carbocycles. The van der Waals surface area contributed by atoms with E-state index in [1.165, 1.54) is 0 Å². The number of nitrogens with two attached hydrogens (primary N) is 1. The average Bonchev–Trinajstić information content (AvgIpc) is 2.57. The highest BCUT2D eigenvalue weighted by molar-refractivity contribution is 7.09. The fraction of sp³-hybridized carbons (Fsp3) is 0.636. The Labute approximate surface area is 100 Å². The van der Waals surface area contributed by atoms with Gasteiger partial charge in [0.2, 0.25) is 5.91 Å². The lowest BCUT2D eigenvalue weighted by Gasteiger charge is -2.17. The van der Waals surface area contributed by atoms with Crippen LogP contribution in [-0.4, -0.2) is 23.0 Å². The van der Waals surface area contributed by atoms with Gasteiger partial charge in [-0.05, 0) is 27.2 Å². The second kappa shape index (κ2) is 5.41. The third-order valence-electron chi connectivity index (χ3n) is 2.10. The van der Waals surface area contributed by atoms with E-state index < -0.39 is 5.54 Å². The number of nitrogens with zero attached hydrogens (tertiary/aromatic N) is 1. The first-order chi connectivity index (χ1) is 7.39. The molecule has 0 bridgehead atoms. The number of thiazole rings is 1.